The van der Waals surface area contributed by atoms with Crippen LogP contribution in [0, 0.1) is 11.3 Å². The highest BCUT2D eigenvalue weighted by molar-refractivity contribution is 5.82. The van der Waals surface area contributed by atoms with Crippen LogP contribution in [0.4, 0.5) is 4.79 Å². The molecule has 2 aromatic carbocycles. The summed E-state index contributed by atoms with van der Waals surface area (Å²) in [6, 6.07) is 14.7. The van der Waals surface area contributed by atoms with E-state index in [4.69, 9.17) is 14.7 Å². The summed E-state index contributed by atoms with van der Waals surface area (Å²) in [4.78, 5) is 11.0. The molecule has 0 heterocycles. The molecule has 7 heteroatoms. The molecule has 0 saturated heterocycles. The van der Waals surface area contributed by atoms with Gasteiger partial charge in [0.15, 0.2) is 11.5 Å². The molecule has 2 rings (SSSR count). The molecule has 0 aliphatic carbocycles. The van der Waals surface area contributed by atoms with Gasteiger partial charge in [-0.15, -0.1) is 0 Å². The number of ether oxygens (including phenoxy) is 3. The molecule has 0 spiro atoms. The summed E-state index contributed by atoms with van der Waals surface area (Å²) in [5.74, 6) is 1.10. The number of nitrogens with one attached hydrogen (secondary N) is 1. The van der Waals surface area contributed by atoms with E-state index in [1.165, 1.54) is 13.3 Å². The van der Waals surface area contributed by atoms with E-state index in [1.54, 1.807) is 24.3 Å². The van der Waals surface area contributed by atoms with Crippen LogP contribution in [-0.2, 0) is 11.3 Å². The lowest BCUT2D eigenvalue weighted by molar-refractivity contribution is 0.171. The topological polar surface area (TPSA) is 92.9 Å². The summed E-state index contributed by atoms with van der Waals surface area (Å²) in [5.41, 5.74) is 4.30. The van der Waals surface area contributed by atoms with Gasteiger partial charge in [-0.1, -0.05) is 18.2 Å². The molecule has 2 aromatic rings. The van der Waals surface area contributed by atoms with Crippen LogP contribution in [0.15, 0.2) is 47.6 Å². The van der Waals surface area contributed by atoms with Crippen molar-refractivity contribution < 1.29 is 19.0 Å². The van der Waals surface area contributed by atoms with Gasteiger partial charge in [0.1, 0.15) is 6.61 Å². The number of rotatable bonds is 7. The lowest BCUT2D eigenvalue weighted by atomic mass is 10.1. The smallest absolute Gasteiger partial charge is 0.427 e. The number of hydrazone groups is 1. The van der Waals surface area contributed by atoms with Gasteiger partial charge in [-0.05, 0) is 36.8 Å². The van der Waals surface area contributed by atoms with Crippen molar-refractivity contribution in [2.45, 2.75) is 13.5 Å². The minimum atomic E-state index is -0.651. The fourth-order valence-electron chi connectivity index (χ4n) is 2.11. The Hall–Kier alpha value is -3.53. The maximum atomic E-state index is 11.0. The maximum Gasteiger partial charge on any atom is 0.427 e. The lowest BCUT2D eigenvalue weighted by Gasteiger charge is -2.13. The number of carbonyl (C=O) groups is 1. The Bertz CT molecular complexity index is 828. The number of nitriles is 1. The van der Waals surface area contributed by atoms with Crippen molar-refractivity contribution in [1.82, 2.24) is 5.43 Å². The first-order valence-corrected chi connectivity index (χ1v) is 7.92. The first kappa shape index (κ1) is 18.8. The second-order valence-electron chi connectivity index (χ2n) is 5.06. The van der Waals surface area contributed by atoms with Crippen molar-refractivity contribution in [3.05, 3.63) is 59.2 Å². The van der Waals surface area contributed by atoms with Gasteiger partial charge in [-0.25, -0.2) is 10.2 Å². The highest BCUT2D eigenvalue weighted by atomic mass is 16.5. The number of hydrogen-bond acceptors (Lipinski definition) is 6. The quantitative estimate of drug-likeness (QED) is 0.609. The maximum absolute atomic E-state index is 11.0. The Morgan fingerprint density at radius 3 is 2.77 bits per heavy atom. The van der Waals surface area contributed by atoms with Crippen LogP contribution >= 0.6 is 0 Å². The number of carbonyl (C=O) groups excluding carboxylic acids is 1. The van der Waals surface area contributed by atoms with Gasteiger partial charge in [0.25, 0.3) is 0 Å². The molecular weight excluding hydrogens is 334 g/mol. The summed E-state index contributed by atoms with van der Waals surface area (Å²) in [5, 5.41) is 12.9. The molecule has 0 aliphatic rings. The third kappa shape index (κ3) is 5.24. The SMILES string of the molecule is CCOc1cc(/C=N\NC(=O)OC)ccc1OCc1ccccc1C#N. The van der Waals surface area contributed by atoms with E-state index in [2.05, 4.69) is 21.3 Å². The number of hydrogen-bond donors (Lipinski definition) is 1. The molecule has 1 N–H and O–H groups in total. The van der Waals surface area contributed by atoms with Crippen molar-refractivity contribution in [3.63, 3.8) is 0 Å². The van der Waals surface area contributed by atoms with E-state index in [9.17, 15) is 4.79 Å². The van der Waals surface area contributed by atoms with E-state index in [0.717, 1.165) is 11.1 Å². The van der Waals surface area contributed by atoms with Crippen LogP contribution in [0.25, 0.3) is 0 Å². The molecule has 26 heavy (non-hydrogen) atoms. The lowest BCUT2D eigenvalue weighted by Crippen LogP contribution is -2.16. The van der Waals surface area contributed by atoms with Gasteiger partial charge < -0.3 is 14.2 Å². The van der Waals surface area contributed by atoms with E-state index in [1.807, 2.05) is 25.1 Å². The molecule has 7 nitrogen and oxygen atoms in total. The largest absolute Gasteiger partial charge is 0.490 e. The van der Waals surface area contributed by atoms with Crippen molar-refractivity contribution >= 4 is 12.3 Å². The second-order valence-corrected chi connectivity index (χ2v) is 5.06. The molecule has 0 unspecified atom stereocenters. The normalized spacial score (nSPS) is 10.2. The fourth-order valence-corrected chi connectivity index (χ4v) is 2.11. The van der Waals surface area contributed by atoms with Crippen molar-refractivity contribution in [1.29, 1.82) is 5.26 Å². The molecule has 0 radical (unpaired) electrons. The molecule has 0 atom stereocenters. The molecule has 0 aliphatic heterocycles. The minimum absolute atomic E-state index is 0.251. The van der Waals surface area contributed by atoms with E-state index in [0.29, 0.717) is 23.7 Å². The molecule has 0 bridgehead atoms. The zero-order valence-electron chi connectivity index (χ0n) is 14.6. The van der Waals surface area contributed by atoms with Gasteiger partial charge >= 0.3 is 6.09 Å². The first-order chi connectivity index (χ1) is 12.7. The first-order valence-electron chi connectivity index (χ1n) is 7.92. The van der Waals surface area contributed by atoms with Gasteiger partial charge in [0, 0.05) is 5.56 Å². The van der Waals surface area contributed by atoms with Crippen LogP contribution in [0.5, 0.6) is 11.5 Å². The van der Waals surface area contributed by atoms with E-state index >= 15 is 0 Å². The second kappa shape index (κ2) is 9.69. The van der Waals surface area contributed by atoms with Crippen LogP contribution < -0.4 is 14.9 Å². The zero-order valence-corrected chi connectivity index (χ0v) is 14.6. The van der Waals surface area contributed by atoms with Crippen LogP contribution in [-0.4, -0.2) is 26.0 Å². The molecule has 0 aromatic heterocycles. The zero-order chi connectivity index (χ0) is 18.8. The Labute approximate surface area is 151 Å². The number of benzene rings is 2. The number of amides is 1. The highest BCUT2D eigenvalue weighted by Gasteiger charge is 2.08. The minimum Gasteiger partial charge on any atom is -0.490 e. The van der Waals surface area contributed by atoms with Crippen molar-refractivity contribution in [3.8, 4) is 17.6 Å². The van der Waals surface area contributed by atoms with Crippen molar-refractivity contribution in [2.24, 2.45) is 5.10 Å². The Morgan fingerprint density at radius 1 is 1.23 bits per heavy atom. The van der Waals surface area contributed by atoms with Gasteiger partial charge in [-0.3, -0.25) is 0 Å². The molecule has 134 valence electrons. The monoisotopic (exact) mass is 353 g/mol. The predicted molar refractivity (Wildman–Crippen MR) is 96.2 cm³/mol. The Morgan fingerprint density at radius 2 is 2.04 bits per heavy atom. The van der Waals surface area contributed by atoms with Crippen LogP contribution in [0.2, 0.25) is 0 Å². The highest BCUT2D eigenvalue weighted by Crippen LogP contribution is 2.29. The van der Waals surface area contributed by atoms with Gasteiger partial charge in [-0.2, -0.15) is 10.4 Å². The van der Waals surface area contributed by atoms with Crippen LogP contribution in [0.1, 0.15) is 23.6 Å². The van der Waals surface area contributed by atoms with Gasteiger partial charge in [0.2, 0.25) is 0 Å². The summed E-state index contributed by atoms with van der Waals surface area (Å²) >= 11 is 0. The fraction of sp³-hybridized carbons (Fsp3) is 0.211. The van der Waals surface area contributed by atoms with E-state index in [-0.39, 0.29) is 6.61 Å². The summed E-state index contributed by atoms with van der Waals surface area (Å²) < 4.78 is 15.9. The summed E-state index contributed by atoms with van der Waals surface area (Å²) in [7, 11) is 1.26. The number of nitrogens with zero attached hydrogens (tertiary/aromatic N) is 2. The number of methoxy groups -OCH3 is 1. The molecule has 1 amide bonds. The Kier molecular flexibility index (Phi) is 7.01. The average Bonchev–Trinajstić information content (AvgIpc) is 2.67. The summed E-state index contributed by atoms with van der Waals surface area (Å²) in [6.45, 7) is 2.58. The Balaban J connectivity index is 2.13. The summed E-state index contributed by atoms with van der Waals surface area (Å²) in [6.07, 6.45) is 0.816. The molecular formula is C19H19N3O4. The average molecular weight is 353 g/mol. The predicted octanol–water partition coefficient (Wildman–Crippen LogP) is 3.23. The molecule has 0 saturated carbocycles. The third-order valence-corrected chi connectivity index (χ3v) is 3.34. The van der Waals surface area contributed by atoms with Gasteiger partial charge in [0.05, 0.1) is 31.6 Å². The van der Waals surface area contributed by atoms with Crippen molar-refractivity contribution in [2.75, 3.05) is 13.7 Å². The standard InChI is InChI=1S/C19H19N3O4/c1-3-25-18-10-14(12-21-22-19(23)24-2)8-9-17(18)26-13-16-7-5-4-6-15(16)11-20/h4-10,12H,3,13H2,1-2H3,(H,22,23)/b21-12-. The van der Waals surface area contributed by atoms with Crippen LogP contribution in [0.3, 0.4) is 0 Å². The third-order valence-electron chi connectivity index (χ3n) is 3.34. The molecule has 0 fully saturated rings. The van der Waals surface area contributed by atoms with E-state index < -0.39 is 6.09 Å².